The molecule has 0 amide bonds. The van der Waals surface area contributed by atoms with Crippen LogP contribution in [0, 0.1) is 0 Å². The molecule has 0 aromatic carbocycles. The number of rotatable bonds is 3. The molecule has 0 aliphatic heterocycles. The molecule has 0 saturated carbocycles. The van der Waals surface area contributed by atoms with Crippen LogP contribution in [0.4, 0.5) is 8.78 Å². The third kappa shape index (κ3) is 2.26. The lowest BCUT2D eigenvalue weighted by molar-refractivity contribution is -0.0500. The van der Waals surface area contributed by atoms with Crippen molar-refractivity contribution in [3.8, 4) is 5.75 Å². The first-order valence-electron chi connectivity index (χ1n) is 3.08. The topological polar surface area (TPSA) is 39.2 Å². The Balaban J connectivity index is 2.71. The van der Waals surface area contributed by atoms with E-state index in [2.05, 4.69) is 9.72 Å². The number of halogens is 2. The van der Waals surface area contributed by atoms with Gasteiger partial charge in [-0.15, -0.1) is 0 Å². The average Bonchev–Trinajstić information content (AvgIpc) is 2.05. The van der Waals surface area contributed by atoms with E-state index in [1.807, 2.05) is 0 Å². The van der Waals surface area contributed by atoms with Gasteiger partial charge in [0, 0.05) is 0 Å². The zero-order valence-electron chi connectivity index (χ0n) is 5.91. The maximum atomic E-state index is 11.6. The van der Waals surface area contributed by atoms with Crippen LogP contribution in [0.5, 0.6) is 5.75 Å². The fourth-order valence-electron chi connectivity index (χ4n) is 0.634. The molecule has 0 saturated heterocycles. The van der Waals surface area contributed by atoms with Gasteiger partial charge in [-0.1, -0.05) is 0 Å². The molecule has 0 bridgehead atoms. The Kier molecular flexibility index (Phi) is 2.68. The number of aldehydes is 1. The Hall–Kier alpha value is -1.52. The Morgan fingerprint density at radius 3 is 2.67 bits per heavy atom. The van der Waals surface area contributed by atoms with Crippen LogP contribution in [0.1, 0.15) is 10.5 Å². The molecule has 0 spiro atoms. The van der Waals surface area contributed by atoms with Crippen molar-refractivity contribution < 1.29 is 18.3 Å². The smallest absolute Gasteiger partial charge is 0.387 e. The average molecular weight is 173 g/mol. The van der Waals surface area contributed by atoms with E-state index in [-0.39, 0.29) is 11.4 Å². The number of carbonyl (C=O) groups excluding carboxylic acids is 1. The number of nitrogens with zero attached hydrogens (tertiary/aromatic N) is 1. The van der Waals surface area contributed by atoms with Crippen LogP contribution in [0.15, 0.2) is 18.3 Å². The van der Waals surface area contributed by atoms with Gasteiger partial charge >= 0.3 is 6.61 Å². The SMILES string of the molecule is O=Cc1ccc(OC(F)F)cn1. The molecule has 0 aliphatic rings. The minimum Gasteiger partial charge on any atom is -0.433 e. The van der Waals surface area contributed by atoms with Gasteiger partial charge in [-0.2, -0.15) is 8.78 Å². The predicted octanol–water partition coefficient (Wildman–Crippen LogP) is 1.50. The molecule has 1 rings (SSSR count). The van der Waals surface area contributed by atoms with Gasteiger partial charge in [0.15, 0.2) is 6.29 Å². The molecular weight excluding hydrogens is 168 g/mol. The monoisotopic (exact) mass is 173 g/mol. The van der Waals surface area contributed by atoms with Crippen molar-refractivity contribution in [3.63, 3.8) is 0 Å². The van der Waals surface area contributed by atoms with Gasteiger partial charge in [0.2, 0.25) is 0 Å². The highest BCUT2D eigenvalue weighted by Crippen LogP contribution is 2.11. The highest BCUT2D eigenvalue weighted by Gasteiger charge is 2.03. The van der Waals surface area contributed by atoms with Gasteiger partial charge in [0.05, 0.1) is 6.20 Å². The summed E-state index contributed by atoms with van der Waals surface area (Å²) in [5, 5.41) is 0. The van der Waals surface area contributed by atoms with Crippen molar-refractivity contribution in [2.24, 2.45) is 0 Å². The number of pyridine rings is 1. The molecule has 5 heteroatoms. The molecule has 1 heterocycles. The quantitative estimate of drug-likeness (QED) is 0.650. The number of ether oxygens (including phenoxy) is 1. The third-order valence-corrected chi connectivity index (χ3v) is 1.11. The summed E-state index contributed by atoms with van der Waals surface area (Å²) in [6, 6.07) is 2.55. The lowest BCUT2D eigenvalue weighted by Crippen LogP contribution is -2.02. The molecule has 3 nitrogen and oxygen atoms in total. The zero-order chi connectivity index (χ0) is 8.97. The molecule has 0 N–H and O–H groups in total. The second-order valence-electron chi connectivity index (χ2n) is 1.92. The Bertz CT molecular complexity index is 261. The number of alkyl halides is 2. The number of hydrogen-bond donors (Lipinski definition) is 0. The summed E-state index contributed by atoms with van der Waals surface area (Å²) >= 11 is 0. The molecule has 12 heavy (non-hydrogen) atoms. The summed E-state index contributed by atoms with van der Waals surface area (Å²) in [5.74, 6) is -0.0596. The lowest BCUT2D eigenvalue weighted by Gasteiger charge is -2.02. The van der Waals surface area contributed by atoms with Crippen LogP contribution in [0.3, 0.4) is 0 Å². The Morgan fingerprint density at radius 1 is 1.50 bits per heavy atom. The largest absolute Gasteiger partial charge is 0.433 e. The maximum absolute atomic E-state index is 11.6. The van der Waals surface area contributed by atoms with Crippen LogP contribution < -0.4 is 4.74 Å². The molecule has 0 atom stereocenters. The molecule has 0 fully saturated rings. The second-order valence-corrected chi connectivity index (χ2v) is 1.92. The molecule has 0 unspecified atom stereocenters. The van der Waals surface area contributed by atoms with Crippen LogP contribution in [-0.2, 0) is 0 Å². The Morgan fingerprint density at radius 2 is 2.25 bits per heavy atom. The number of aromatic nitrogens is 1. The minimum absolute atomic E-state index is 0.0596. The molecule has 64 valence electrons. The van der Waals surface area contributed by atoms with E-state index in [0.29, 0.717) is 6.29 Å². The van der Waals surface area contributed by atoms with Crippen LogP contribution in [0.2, 0.25) is 0 Å². The first-order chi connectivity index (χ1) is 5.72. The van der Waals surface area contributed by atoms with Crippen LogP contribution in [-0.4, -0.2) is 17.9 Å². The summed E-state index contributed by atoms with van der Waals surface area (Å²) in [6.07, 6.45) is 1.59. The Labute approximate surface area is 67.0 Å². The standard InChI is InChI=1S/C7H5F2NO2/c8-7(9)12-6-2-1-5(4-11)10-3-6/h1-4,7H. The van der Waals surface area contributed by atoms with Crippen molar-refractivity contribution in [1.82, 2.24) is 4.98 Å². The maximum Gasteiger partial charge on any atom is 0.387 e. The predicted molar refractivity (Wildman–Crippen MR) is 36.3 cm³/mol. The van der Waals surface area contributed by atoms with Crippen LogP contribution >= 0.6 is 0 Å². The van der Waals surface area contributed by atoms with Gasteiger partial charge in [-0.3, -0.25) is 4.79 Å². The second kappa shape index (κ2) is 3.75. The highest BCUT2D eigenvalue weighted by atomic mass is 19.3. The van der Waals surface area contributed by atoms with Gasteiger partial charge < -0.3 is 4.74 Å². The number of hydrogen-bond acceptors (Lipinski definition) is 3. The van der Waals surface area contributed by atoms with Gasteiger partial charge in [0.1, 0.15) is 11.4 Å². The van der Waals surface area contributed by atoms with Gasteiger partial charge in [-0.25, -0.2) is 4.98 Å². The fraction of sp³-hybridized carbons (Fsp3) is 0.143. The normalized spacial score (nSPS) is 9.92. The molecule has 1 aromatic rings. The first-order valence-corrected chi connectivity index (χ1v) is 3.08. The van der Waals surface area contributed by atoms with E-state index in [0.717, 1.165) is 6.20 Å². The van der Waals surface area contributed by atoms with E-state index in [1.165, 1.54) is 12.1 Å². The van der Waals surface area contributed by atoms with E-state index in [9.17, 15) is 13.6 Å². The minimum atomic E-state index is -2.87. The van der Waals surface area contributed by atoms with E-state index < -0.39 is 6.61 Å². The first kappa shape index (κ1) is 8.58. The highest BCUT2D eigenvalue weighted by molar-refractivity contribution is 5.71. The molecular formula is C7H5F2NO2. The van der Waals surface area contributed by atoms with E-state index >= 15 is 0 Å². The third-order valence-electron chi connectivity index (χ3n) is 1.11. The lowest BCUT2D eigenvalue weighted by atomic mass is 10.4. The van der Waals surface area contributed by atoms with Crippen molar-refractivity contribution >= 4 is 6.29 Å². The fourth-order valence-corrected chi connectivity index (χ4v) is 0.634. The van der Waals surface area contributed by atoms with Gasteiger partial charge in [0.25, 0.3) is 0 Å². The summed E-state index contributed by atoms with van der Waals surface area (Å²) in [4.78, 5) is 13.6. The van der Waals surface area contributed by atoms with Crippen molar-refractivity contribution in [2.45, 2.75) is 6.61 Å². The van der Waals surface area contributed by atoms with E-state index in [4.69, 9.17) is 0 Å². The van der Waals surface area contributed by atoms with Crippen molar-refractivity contribution in [3.05, 3.63) is 24.0 Å². The summed E-state index contributed by atoms with van der Waals surface area (Å²) in [5.41, 5.74) is 0.177. The summed E-state index contributed by atoms with van der Waals surface area (Å²) in [7, 11) is 0. The van der Waals surface area contributed by atoms with Gasteiger partial charge in [-0.05, 0) is 12.1 Å². The van der Waals surface area contributed by atoms with Crippen LogP contribution in [0.25, 0.3) is 0 Å². The summed E-state index contributed by atoms with van der Waals surface area (Å²) in [6.45, 7) is -2.87. The molecule has 1 aromatic heterocycles. The van der Waals surface area contributed by atoms with Crippen molar-refractivity contribution in [2.75, 3.05) is 0 Å². The van der Waals surface area contributed by atoms with E-state index in [1.54, 1.807) is 0 Å². The summed E-state index contributed by atoms with van der Waals surface area (Å²) < 4.78 is 27.2. The molecule has 0 aliphatic carbocycles. The molecule has 0 radical (unpaired) electrons. The zero-order valence-corrected chi connectivity index (χ0v) is 5.91. The van der Waals surface area contributed by atoms with Crippen molar-refractivity contribution in [1.29, 1.82) is 0 Å². The number of carbonyl (C=O) groups is 1.